The number of nitrogens with zero attached hydrogens (tertiary/aromatic N) is 1. The van der Waals surface area contributed by atoms with Crippen molar-refractivity contribution in [3.05, 3.63) is 54.5 Å². The van der Waals surface area contributed by atoms with Crippen LogP contribution in [0.5, 0.6) is 0 Å². The van der Waals surface area contributed by atoms with E-state index in [2.05, 4.69) is 16.5 Å². The van der Waals surface area contributed by atoms with Crippen molar-refractivity contribution in [3.8, 4) is 0 Å². The molecule has 5 nitrogen and oxygen atoms in total. The SMILES string of the molecule is CC1CCCCN1SS(=O)c1ccc(NC(=O)/C=C/c2ccco2)cc1. The van der Waals surface area contributed by atoms with Crippen molar-refractivity contribution in [1.29, 1.82) is 0 Å². The van der Waals surface area contributed by atoms with E-state index in [0.717, 1.165) is 24.3 Å². The second kappa shape index (κ2) is 9.21. The third-order valence-corrected chi connectivity index (χ3v) is 7.25. The predicted octanol–water partition coefficient (Wildman–Crippen LogP) is 4.48. The van der Waals surface area contributed by atoms with Crippen molar-refractivity contribution in [1.82, 2.24) is 4.31 Å². The van der Waals surface area contributed by atoms with E-state index in [1.165, 1.54) is 23.5 Å². The first-order valence-electron chi connectivity index (χ1n) is 8.61. The number of furan rings is 1. The van der Waals surface area contributed by atoms with Crippen molar-refractivity contribution in [2.24, 2.45) is 0 Å². The van der Waals surface area contributed by atoms with Gasteiger partial charge in [-0.15, -0.1) is 0 Å². The highest BCUT2D eigenvalue weighted by Gasteiger charge is 2.21. The first-order valence-corrected chi connectivity index (χ1v) is 11.1. The van der Waals surface area contributed by atoms with Crippen LogP contribution in [-0.2, 0) is 14.6 Å². The number of hydrogen-bond donors (Lipinski definition) is 1. The smallest absolute Gasteiger partial charge is 0.248 e. The van der Waals surface area contributed by atoms with Crippen LogP contribution in [0.15, 0.2) is 58.1 Å². The first-order chi connectivity index (χ1) is 12.6. The Kier molecular flexibility index (Phi) is 6.71. The average molecular weight is 391 g/mol. The van der Waals surface area contributed by atoms with Crippen LogP contribution in [0.2, 0.25) is 0 Å². The number of carbonyl (C=O) groups excluding carboxylic acids is 1. The molecular formula is C19H22N2O3S2. The quantitative estimate of drug-likeness (QED) is 0.448. The molecule has 2 unspecified atom stereocenters. The van der Waals surface area contributed by atoms with Gasteiger partial charge in [-0.25, -0.2) is 8.51 Å². The molecule has 0 radical (unpaired) electrons. The molecule has 0 bridgehead atoms. The molecule has 0 saturated carbocycles. The number of piperidine rings is 1. The third-order valence-electron chi connectivity index (χ3n) is 4.16. The summed E-state index contributed by atoms with van der Waals surface area (Å²) in [5.41, 5.74) is 0.663. The molecule has 0 aliphatic carbocycles. The van der Waals surface area contributed by atoms with E-state index in [9.17, 15) is 9.00 Å². The summed E-state index contributed by atoms with van der Waals surface area (Å²) in [6.45, 7) is 3.16. The zero-order chi connectivity index (χ0) is 18.4. The summed E-state index contributed by atoms with van der Waals surface area (Å²) >= 11 is 0. The summed E-state index contributed by atoms with van der Waals surface area (Å²) < 4.78 is 19.9. The molecule has 2 atom stereocenters. The van der Waals surface area contributed by atoms with Gasteiger partial charge in [0.15, 0.2) is 0 Å². The Balaban J connectivity index is 1.54. The molecule has 1 N–H and O–H groups in total. The summed E-state index contributed by atoms with van der Waals surface area (Å²) in [6.07, 6.45) is 8.13. The minimum absolute atomic E-state index is 0.244. The molecule has 2 aromatic rings. The fourth-order valence-electron chi connectivity index (χ4n) is 2.69. The van der Waals surface area contributed by atoms with Crippen LogP contribution in [0, 0.1) is 0 Å². The highest BCUT2D eigenvalue weighted by molar-refractivity contribution is 8.68. The Morgan fingerprint density at radius 2 is 2.12 bits per heavy atom. The van der Waals surface area contributed by atoms with Crippen LogP contribution in [0.4, 0.5) is 5.69 Å². The van der Waals surface area contributed by atoms with E-state index >= 15 is 0 Å². The van der Waals surface area contributed by atoms with E-state index in [0.29, 0.717) is 17.5 Å². The second-order valence-corrected chi connectivity index (χ2v) is 9.07. The normalized spacial score (nSPS) is 19.5. The number of hydrogen-bond acceptors (Lipinski definition) is 5. The van der Waals surface area contributed by atoms with E-state index in [4.69, 9.17) is 4.42 Å². The zero-order valence-electron chi connectivity index (χ0n) is 14.6. The highest BCUT2D eigenvalue weighted by atomic mass is 33.1. The van der Waals surface area contributed by atoms with Gasteiger partial charge in [-0.1, -0.05) is 6.42 Å². The van der Waals surface area contributed by atoms with Crippen LogP contribution in [0.1, 0.15) is 31.9 Å². The van der Waals surface area contributed by atoms with E-state index in [1.807, 2.05) is 0 Å². The standard InChI is InChI=1S/C19H22N2O3S2/c1-15-5-2-3-13-21(15)25-26(23)18-10-7-16(8-11-18)20-19(22)12-9-17-6-4-14-24-17/h4,6-12,14-15H,2-3,5,13H2,1H3,(H,20,22)/b12-9+. The summed E-state index contributed by atoms with van der Waals surface area (Å²) in [5.74, 6) is 0.377. The Hall–Kier alpha value is -1.83. The summed E-state index contributed by atoms with van der Waals surface area (Å²) in [6, 6.07) is 11.1. The van der Waals surface area contributed by atoms with Gasteiger partial charge in [0.25, 0.3) is 0 Å². The lowest BCUT2D eigenvalue weighted by atomic mass is 10.1. The maximum Gasteiger partial charge on any atom is 0.248 e. The molecule has 1 aromatic heterocycles. The van der Waals surface area contributed by atoms with Gasteiger partial charge >= 0.3 is 0 Å². The topological polar surface area (TPSA) is 62.6 Å². The van der Waals surface area contributed by atoms with Crippen LogP contribution < -0.4 is 5.32 Å². The number of anilines is 1. The summed E-state index contributed by atoms with van der Waals surface area (Å²) in [4.78, 5) is 12.7. The van der Waals surface area contributed by atoms with Crippen LogP contribution >= 0.6 is 11.0 Å². The van der Waals surface area contributed by atoms with Crippen molar-refractivity contribution in [3.63, 3.8) is 0 Å². The lowest BCUT2D eigenvalue weighted by molar-refractivity contribution is -0.111. The van der Waals surface area contributed by atoms with Gasteiger partial charge in [0, 0.05) is 35.3 Å². The summed E-state index contributed by atoms with van der Waals surface area (Å²) in [5, 5.41) is 2.78. The zero-order valence-corrected chi connectivity index (χ0v) is 16.2. The van der Waals surface area contributed by atoms with Crippen LogP contribution in [0.25, 0.3) is 6.08 Å². The van der Waals surface area contributed by atoms with Gasteiger partial charge in [0.05, 0.1) is 11.2 Å². The lowest BCUT2D eigenvalue weighted by Crippen LogP contribution is -2.32. The number of carbonyl (C=O) groups is 1. The Morgan fingerprint density at radius 3 is 2.81 bits per heavy atom. The van der Waals surface area contributed by atoms with E-state index in [1.54, 1.807) is 48.7 Å². The minimum atomic E-state index is -1.14. The molecule has 138 valence electrons. The average Bonchev–Trinajstić information content (AvgIpc) is 3.16. The molecule has 1 amide bonds. The van der Waals surface area contributed by atoms with E-state index in [-0.39, 0.29) is 5.91 Å². The van der Waals surface area contributed by atoms with Crippen molar-refractivity contribution in [2.75, 3.05) is 11.9 Å². The van der Waals surface area contributed by atoms with Crippen molar-refractivity contribution >= 4 is 38.5 Å². The van der Waals surface area contributed by atoms with E-state index < -0.39 is 9.83 Å². The van der Waals surface area contributed by atoms with Gasteiger partial charge in [-0.2, -0.15) is 0 Å². The molecule has 1 aliphatic heterocycles. The number of nitrogens with one attached hydrogen (secondary N) is 1. The van der Waals surface area contributed by atoms with Gasteiger partial charge < -0.3 is 9.73 Å². The lowest BCUT2D eigenvalue weighted by Gasteiger charge is -2.31. The van der Waals surface area contributed by atoms with Gasteiger partial charge in [0.2, 0.25) is 5.91 Å². The summed E-state index contributed by atoms with van der Waals surface area (Å²) in [7, 11) is 0.262. The minimum Gasteiger partial charge on any atom is -0.465 e. The Bertz CT molecular complexity index is 773. The fraction of sp³-hybridized carbons (Fsp3) is 0.316. The molecule has 1 aromatic carbocycles. The largest absolute Gasteiger partial charge is 0.465 e. The van der Waals surface area contributed by atoms with Crippen molar-refractivity contribution in [2.45, 2.75) is 37.1 Å². The van der Waals surface area contributed by atoms with Crippen LogP contribution in [-0.4, -0.2) is 27.0 Å². The molecule has 2 heterocycles. The fourth-order valence-corrected chi connectivity index (χ4v) is 5.54. The molecule has 1 saturated heterocycles. The molecule has 1 fully saturated rings. The van der Waals surface area contributed by atoms with Crippen molar-refractivity contribution < 1.29 is 13.4 Å². The molecule has 7 heteroatoms. The second-order valence-electron chi connectivity index (χ2n) is 6.16. The molecular weight excluding hydrogens is 368 g/mol. The van der Waals surface area contributed by atoms with Gasteiger partial charge in [-0.05, 0) is 62.2 Å². The molecule has 3 rings (SSSR count). The maximum atomic E-state index is 12.5. The highest BCUT2D eigenvalue weighted by Crippen LogP contribution is 2.29. The van der Waals surface area contributed by atoms with Gasteiger partial charge in [-0.3, -0.25) is 4.79 Å². The maximum absolute atomic E-state index is 12.5. The first kappa shape index (κ1) is 18.9. The van der Waals surface area contributed by atoms with Gasteiger partial charge in [0.1, 0.15) is 15.6 Å². The number of benzene rings is 1. The van der Waals surface area contributed by atoms with Crippen LogP contribution in [0.3, 0.4) is 0 Å². The molecule has 1 aliphatic rings. The number of rotatable bonds is 6. The Morgan fingerprint density at radius 1 is 1.31 bits per heavy atom. The third kappa shape index (κ3) is 5.33. The monoisotopic (exact) mass is 390 g/mol. The predicted molar refractivity (Wildman–Crippen MR) is 107 cm³/mol. The molecule has 0 spiro atoms. The molecule has 26 heavy (non-hydrogen) atoms. The number of amides is 1. The Labute approximate surface area is 159 Å².